The van der Waals surface area contributed by atoms with Crippen LogP contribution in [-0.4, -0.2) is 30.6 Å². The van der Waals surface area contributed by atoms with Gasteiger partial charge in [-0.3, -0.25) is 0 Å². The minimum atomic E-state index is -0.661. The van der Waals surface area contributed by atoms with Crippen LogP contribution >= 0.6 is 0 Å². The number of ether oxygens (including phenoxy) is 2. The van der Waals surface area contributed by atoms with Crippen LogP contribution in [0.3, 0.4) is 0 Å². The van der Waals surface area contributed by atoms with E-state index in [1.165, 1.54) is 0 Å². The van der Waals surface area contributed by atoms with Crippen molar-refractivity contribution in [2.45, 2.75) is 33.3 Å². The number of carbonyl (C=O) groups excluding carboxylic acids is 1. The van der Waals surface area contributed by atoms with Crippen molar-refractivity contribution in [3.05, 3.63) is 12.2 Å². The molecule has 0 spiro atoms. The molecule has 0 bridgehead atoms. The fourth-order valence-corrected chi connectivity index (χ4v) is 0.852. The van der Waals surface area contributed by atoms with E-state index in [0.717, 1.165) is 0 Å². The molecule has 0 saturated carbocycles. The molecule has 0 aromatic heterocycles. The van der Waals surface area contributed by atoms with Crippen LogP contribution in [0.2, 0.25) is 0 Å². The molecule has 0 radical (unpaired) electrons. The standard InChI is InChI=1S/C11H20O4/c1-4-14-11(13)15-8-6-5-7-10(12)9(2)3/h5-6,9-10,12H,4,7-8H2,1-3H3/b6-5+/t10-/m1/s1. The van der Waals surface area contributed by atoms with Gasteiger partial charge in [-0.2, -0.15) is 0 Å². The number of aliphatic hydroxyl groups is 1. The predicted molar refractivity (Wildman–Crippen MR) is 57.6 cm³/mol. The van der Waals surface area contributed by atoms with E-state index in [-0.39, 0.29) is 18.6 Å². The fourth-order valence-electron chi connectivity index (χ4n) is 0.852. The average molecular weight is 216 g/mol. The lowest BCUT2D eigenvalue weighted by molar-refractivity contribution is 0.0672. The van der Waals surface area contributed by atoms with E-state index in [4.69, 9.17) is 4.74 Å². The maximum absolute atomic E-state index is 10.7. The third-order valence-corrected chi connectivity index (χ3v) is 1.87. The average Bonchev–Trinajstić information content (AvgIpc) is 2.17. The van der Waals surface area contributed by atoms with Gasteiger partial charge in [0.25, 0.3) is 0 Å². The molecule has 4 nitrogen and oxygen atoms in total. The predicted octanol–water partition coefficient (Wildman–Crippen LogP) is 2.12. The second-order valence-corrected chi connectivity index (χ2v) is 3.51. The van der Waals surface area contributed by atoms with Crippen LogP contribution in [0.4, 0.5) is 4.79 Å². The normalized spacial score (nSPS) is 13.1. The molecule has 1 atom stereocenters. The van der Waals surface area contributed by atoms with Gasteiger partial charge in [0.1, 0.15) is 6.61 Å². The van der Waals surface area contributed by atoms with Gasteiger partial charge in [0.15, 0.2) is 0 Å². The van der Waals surface area contributed by atoms with Crippen molar-refractivity contribution < 1.29 is 19.4 Å². The largest absolute Gasteiger partial charge is 0.508 e. The summed E-state index contributed by atoms with van der Waals surface area (Å²) in [5.41, 5.74) is 0. The highest BCUT2D eigenvalue weighted by atomic mass is 16.7. The highest BCUT2D eigenvalue weighted by Gasteiger charge is 2.05. The Morgan fingerprint density at radius 3 is 2.53 bits per heavy atom. The van der Waals surface area contributed by atoms with E-state index in [1.807, 2.05) is 13.8 Å². The Kier molecular flexibility index (Phi) is 7.72. The Labute approximate surface area is 90.9 Å². The molecule has 0 amide bonds. The first-order chi connectivity index (χ1) is 7.07. The summed E-state index contributed by atoms with van der Waals surface area (Å²) in [5.74, 6) is 0.237. The summed E-state index contributed by atoms with van der Waals surface area (Å²) in [7, 11) is 0. The van der Waals surface area contributed by atoms with Crippen molar-refractivity contribution in [2.75, 3.05) is 13.2 Å². The van der Waals surface area contributed by atoms with E-state index < -0.39 is 6.16 Å². The third kappa shape index (κ3) is 8.00. The van der Waals surface area contributed by atoms with Crippen LogP contribution in [0.1, 0.15) is 27.2 Å². The molecule has 0 fully saturated rings. The van der Waals surface area contributed by atoms with Crippen LogP contribution in [0.25, 0.3) is 0 Å². The first kappa shape index (κ1) is 14.0. The van der Waals surface area contributed by atoms with Crippen LogP contribution in [-0.2, 0) is 9.47 Å². The van der Waals surface area contributed by atoms with Crippen molar-refractivity contribution in [1.82, 2.24) is 0 Å². The topological polar surface area (TPSA) is 55.8 Å². The molecule has 0 aliphatic carbocycles. The third-order valence-electron chi connectivity index (χ3n) is 1.87. The molecule has 0 rings (SSSR count). The van der Waals surface area contributed by atoms with Crippen molar-refractivity contribution >= 4 is 6.16 Å². The van der Waals surface area contributed by atoms with Crippen molar-refractivity contribution in [2.24, 2.45) is 5.92 Å². The quantitative estimate of drug-likeness (QED) is 0.546. The molecule has 0 saturated heterocycles. The van der Waals surface area contributed by atoms with Gasteiger partial charge in [-0.1, -0.05) is 26.0 Å². The van der Waals surface area contributed by atoms with E-state index >= 15 is 0 Å². The first-order valence-corrected chi connectivity index (χ1v) is 5.20. The zero-order valence-corrected chi connectivity index (χ0v) is 9.60. The van der Waals surface area contributed by atoms with Gasteiger partial charge in [-0.15, -0.1) is 0 Å². The Morgan fingerprint density at radius 1 is 1.33 bits per heavy atom. The molecular formula is C11H20O4. The van der Waals surface area contributed by atoms with Crippen molar-refractivity contribution in [3.8, 4) is 0 Å². The van der Waals surface area contributed by atoms with Gasteiger partial charge < -0.3 is 14.6 Å². The van der Waals surface area contributed by atoms with Gasteiger partial charge in [-0.05, 0) is 19.3 Å². The zero-order chi connectivity index (χ0) is 11.7. The first-order valence-electron chi connectivity index (χ1n) is 5.20. The molecule has 1 N–H and O–H groups in total. The maximum Gasteiger partial charge on any atom is 0.508 e. The van der Waals surface area contributed by atoms with E-state index in [0.29, 0.717) is 13.0 Å². The highest BCUT2D eigenvalue weighted by Crippen LogP contribution is 2.05. The summed E-state index contributed by atoms with van der Waals surface area (Å²) >= 11 is 0. The molecular weight excluding hydrogens is 196 g/mol. The van der Waals surface area contributed by atoms with Crippen LogP contribution in [0.5, 0.6) is 0 Å². The number of rotatable bonds is 6. The SMILES string of the molecule is CCOC(=O)OC/C=C/C[C@@H](O)C(C)C. The number of carbonyl (C=O) groups is 1. The van der Waals surface area contributed by atoms with Crippen LogP contribution in [0.15, 0.2) is 12.2 Å². The molecule has 0 unspecified atom stereocenters. The summed E-state index contributed by atoms with van der Waals surface area (Å²) in [6.45, 7) is 6.12. The molecule has 0 aliphatic rings. The van der Waals surface area contributed by atoms with E-state index in [1.54, 1.807) is 19.1 Å². The molecule has 88 valence electrons. The smallest absolute Gasteiger partial charge is 0.435 e. The maximum atomic E-state index is 10.7. The van der Waals surface area contributed by atoms with Gasteiger partial charge in [-0.25, -0.2) is 4.79 Å². The molecule has 4 heteroatoms. The Hall–Kier alpha value is -1.03. The lowest BCUT2D eigenvalue weighted by Crippen LogP contribution is -2.13. The monoisotopic (exact) mass is 216 g/mol. The second-order valence-electron chi connectivity index (χ2n) is 3.51. The summed E-state index contributed by atoms with van der Waals surface area (Å²) in [5, 5.41) is 9.44. The lowest BCUT2D eigenvalue weighted by atomic mass is 10.0. The van der Waals surface area contributed by atoms with E-state index in [9.17, 15) is 9.90 Å². The zero-order valence-electron chi connectivity index (χ0n) is 9.60. The molecule has 15 heavy (non-hydrogen) atoms. The number of hydrogen-bond acceptors (Lipinski definition) is 4. The minimum Gasteiger partial charge on any atom is -0.435 e. The van der Waals surface area contributed by atoms with Crippen molar-refractivity contribution in [3.63, 3.8) is 0 Å². The number of aliphatic hydroxyl groups excluding tert-OH is 1. The van der Waals surface area contributed by atoms with Gasteiger partial charge in [0.2, 0.25) is 0 Å². The van der Waals surface area contributed by atoms with Crippen LogP contribution < -0.4 is 0 Å². The van der Waals surface area contributed by atoms with Gasteiger partial charge >= 0.3 is 6.16 Å². The summed E-state index contributed by atoms with van der Waals surface area (Å²) in [6.07, 6.45) is 3.06. The van der Waals surface area contributed by atoms with Crippen LogP contribution in [0, 0.1) is 5.92 Å². The van der Waals surface area contributed by atoms with Gasteiger partial charge in [0.05, 0.1) is 12.7 Å². The molecule has 0 aromatic carbocycles. The minimum absolute atomic E-state index is 0.184. The Bertz CT molecular complexity index is 199. The summed E-state index contributed by atoms with van der Waals surface area (Å²) < 4.78 is 9.26. The Balaban J connectivity index is 3.51. The van der Waals surface area contributed by atoms with E-state index in [2.05, 4.69) is 4.74 Å². The summed E-state index contributed by atoms with van der Waals surface area (Å²) in [6, 6.07) is 0. The molecule has 0 heterocycles. The number of hydrogen-bond donors (Lipinski definition) is 1. The summed E-state index contributed by atoms with van der Waals surface area (Å²) in [4.78, 5) is 10.7. The second kappa shape index (κ2) is 8.29. The lowest BCUT2D eigenvalue weighted by Gasteiger charge is -2.10. The van der Waals surface area contributed by atoms with Crippen molar-refractivity contribution in [1.29, 1.82) is 0 Å². The fraction of sp³-hybridized carbons (Fsp3) is 0.727. The van der Waals surface area contributed by atoms with Gasteiger partial charge in [0, 0.05) is 0 Å². The molecule has 0 aliphatic heterocycles. The highest BCUT2D eigenvalue weighted by molar-refractivity contribution is 5.59. The Morgan fingerprint density at radius 2 is 2.00 bits per heavy atom. The molecule has 0 aromatic rings.